The average molecular weight is 297 g/mol. The molecule has 0 amide bonds. The van der Waals surface area contributed by atoms with Crippen molar-refractivity contribution in [2.45, 2.75) is 64.6 Å². The lowest BCUT2D eigenvalue weighted by molar-refractivity contribution is 0.790. The Morgan fingerprint density at radius 2 is 1.24 bits per heavy atom. The number of alkyl halides is 1. The van der Waals surface area contributed by atoms with Crippen LogP contribution in [0.5, 0.6) is 0 Å². The smallest absolute Gasteiger partial charge is 0.0288 e. The number of halogens is 1. The molecule has 0 saturated heterocycles. The summed E-state index contributed by atoms with van der Waals surface area (Å²) in [5, 5.41) is 0.965. The normalized spacial score (nSPS) is 11.9. The molecule has 0 atom stereocenters. The monoisotopic (exact) mass is 296 g/mol. The van der Waals surface area contributed by atoms with E-state index in [0.717, 1.165) is 5.33 Å². The highest BCUT2D eigenvalue weighted by Crippen LogP contribution is 2.33. The molecule has 0 spiro atoms. The molecule has 0 heterocycles. The molecule has 0 radical (unpaired) electrons. The summed E-state index contributed by atoms with van der Waals surface area (Å²) in [4.78, 5) is 0. The second-order valence-corrected chi connectivity index (χ2v) is 6.34. The van der Waals surface area contributed by atoms with Gasteiger partial charge in [0.05, 0.1) is 0 Å². The van der Waals surface area contributed by atoms with Crippen LogP contribution in [0.3, 0.4) is 0 Å². The Bertz CT molecular complexity index is 346. The van der Waals surface area contributed by atoms with E-state index in [2.05, 4.69) is 69.6 Å². The Kier molecular flexibility index (Phi) is 5.24. The lowest BCUT2D eigenvalue weighted by atomic mass is 9.85. The molecular weight excluding hydrogens is 272 g/mol. The summed E-state index contributed by atoms with van der Waals surface area (Å²) < 4.78 is 0. The fourth-order valence-electron chi connectivity index (χ4n) is 2.26. The third kappa shape index (κ3) is 3.34. The molecule has 0 N–H and O–H groups in total. The molecule has 1 aromatic carbocycles. The first kappa shape index (κ1) is 14.8. The number of hydrogen-bond acceptors (Lipinski definition) is 0. The van der Waals surface area contributed by atoms with Crippen molar-refractivity contribution >= 4 is 15.9 Å². The molecule has 0 aliphatic heterocycles. The van der Waals surface area contributed by atoms with Crippen molar-refractivity contribution in [1.29, 1.82) is 0 Å². The first-order valence-electron chi connectivity index (χ1n) is 6.61. The Hall–Kier alpha value is -0.300. The van der Waals surface area contributed by atoms with E-state index in [1.54, 1.807) is 0 Å². The van der Waals surface area contributed by atoms with E-state index in [-0.39, 0.29) is 0 Å². The summed E-state index contributed by atoms with van der Waals surface area (Å²) >= 11 is 3.66. The molecule has 1 aromatic rings. The minimum absolute atomic E-state index is 0.596. The van der Waals surface area contributed by atoms with Gasteiger partial charge in [-0.3, -0.25) is 0 Å². The fourth-order valence-corrected chi connectivity index (χ4v) is 2.91. The van der Waals surface area contributed by atoms with Gasteiger partial charge in [0.1, 0.15) is 0 Å². The topological polar surface area (TPSA) is 0 Å². The van der Waals surface area contributed by atoms with Gasteiger partial charge in [-0.1, -0.05) is 69.6 Å². The van der Waals surface area contributed by atoms with Crippen molar-refractivity contribution in [3.63, 3.8) is 0 Å². The second-order valence-electron chi connectivity index (χ2n) is 5.78. The summed E-state index contributed by atoms with van der Waals surface area (Å²) in [6, 6.07) is 4.80. The average Bonchev–Trinajstić information content (AvgIpc) is 2.26. The van der Waals surface area contributed by atoms with E-state index >= 15 is 0 Å². The van der Waals surface area contributed by atoms with Crippen molar-refractivity contribution < 1.29 is 0 Å². The standard InChI is InChI=1S/C16H25Br/c1-10(2)13-7-14(11(3)4)16(9-17)15(8-13)12(5)6/h7-8,10-12H,9H2,1-6H3. The van der Waals surface area contributed by atoms with Gasteiger partial charge in [-0.25, -0.2) is 0 Å². The highest BCUT2D eigenvalue weighted by atomic mass is 79.9. The van der Waals surface area contributed by atoms with Crippen molar-refractivity contribution in [2.75, 3.05) is 0 Å². The van der Waals surface area contributed by atoms with E-state index in [4.69, 9.17) is 0 Å². The van der Waals surface area contributed by atoms with Gasteiger partial charge in [-0.2, -0.15) is 0 Å². The third-order valence-electron chi connectivity index (χ3n) is 3.39. The lowest BCUT2D eigenvalue weighted by Crippen LogP contribution is -2.04. The molecule has 0 aromatic heterocycles. The molecule has 0 fully saturated rings. The van der Waals surface area contributed by atoms with Crippen LogP contribution in [0.1, 0.15) is 81.5 Å². The molecule has 1 rings (SSSR count). The zero-order valence-electron chi connectivity index (χ0n) is 12.0. The van der Waals surface area contributed by atoms with Gasteiger partial charge in [0.2, 0.25) is 0 Å². The molecule has 17 heavy (non-hydrogen) atoms. The van der Waals surface area contributed by atoms with Crippen molar-refractivity contribution in [2.24, 2.45) is 0 Å². The highest BCUT2D eigenvalue weighted by Gasteiger charge is 2.15. The number of rotatable bonds is 4. The van der Waals surface area contributed by atoms with Crippen LogP contribution in [0.2, 0.25) is 0 Å². The predicted molar refractivity (Wildman–Crippen MR) is 81.3 cm³/mol. The molecule has 0 saturated carbocycles. The summed E-state index contributed by atoms with van der Waals surface area (Å²) in [6.45, 7) is 13.7. The van der Waals surface area contributed by atoms with E-state index in [1.165, 1.54) is 22.3 Å². The van der Waals surface area contributed by atoms with Gasteiger partial charge in [-0.05, 0) is 40.0 Å². The number of hydrogen-bond donors (Lipinski definition) is 0. The number of benzene rings is 1. The summed E-state index contributed by atoms with van der Waals surface area (Å²) in [5.41, 5.74) is 6.00. The highest BCUT2D eigenvalue weighted by molar-refractivity contribution is 9.08. The maximum Gasteiger partial charge on any atom is 0.0288 e. The van der Waals surface area contributed by atoms with Crippen LogP contribution in [0.15, 0.2) is 12.1 Å². The molecule has 0 nitrogen and oxygen atoms in total. The Labute approximate surface area is 115 Å². The molecule has 0 unspecified atom stereocenters. The van der Waals surface area contributed by atoms with Crippen LogP contribution in [0.25, 0.3) is 0 Å². The molecule has 0 aliphatic carbocycles. The van der Waals surface area contributed by atoms with Crippen LogP contribution in [-0.2, 0) is 5.33 Å². The molecule has 0 bridgehead atoms. The quantitative estimate of drug-likeness (QED) is 0.602. The van der Waals surface area contributed by atoms with Gasteiger partial charge in [0.15, 0.2) is 0 Å². The lowest BCUT2D eigenvalue weighted by Gasteiger charge is -2.21. The maximum atomic E-state index is 3.66. The zero-order chi connectivity index (χ0) is 13.2. The van der Waals surface area contributed by atoms with Gasteiger partial charge >= 0.3 is 0 Å². The van der Waals surface area contributed by atoms with Crippen LogP contribution in [0, 0.1) is 0 Å². The SMILES string of the molecule is CC(C)c1cc(C(C)C)c(CBr)c(C(C)C)c1. The van der Waals surface area contributed by atoms with E-state index in [1.807, 2.05) is 0 Å². The largest absolute Gasteiger partial charge is 0.0876 e. The van der Waals surface area contributed by atoms with Gasteiger partial charge in [0, 0.05) is 5.33 Å². The molecule has 96 valence electrons. The summed E-state index contributed by atoms with van der Waals surface area (Å²) in [6.07, 6.45) is 0. The van der Waals surface area contributed by atoms with Crippen LogP contribution in [0.4, 0.5) is 0 Å². The van der Waals surface area contributed by atoms with Crippen LogP contribution >= 0.6 is 15.9 Å². The van der Waals surface area contributed by atoms with E-state index < -0.39 is 0 Å². The van der Waals surface area contributed by atoms with Crippen molar-refractivity contribution in [3.8, 4) is 0 Å². The Morgan fingerprint density at radius 3 is 1.47 bits per heavy atom. The maximum absolute atomic E-state index is 3.66. The van der Waals surface area contributed by atoms with Gasteiger partial charge in [-0.15, -0.1) is 0 Å². The summed E-state index contributed by atoms with van der Waals surface area (Å²) in [7, 11) is 0. The summed E-state index contributed by atoms with van der Waals surface area (Å²) in [5.74, 6) is 1.80. The minimum atomic E-state index is 0.596. The first-order valence-corrected chi connectivity index (χ1v) is 7.73. The van der Waals surface area contributed by atoms with Crippen LogP contribution in [-0.4, -0.2) is 0 Å². The Balaban J connectivity index is 3.46. The molecule has 0 aliphatic rings. The van der Waals surface area contributed by atoms with Crippen LogP contribution < -0.4 is 0 Å². The van der Waals surface area contributed by atoms with Gasteiger partial charge < -0.3 is 0 Å². The fraction of sp³-hybridized carbons (Fsp3) is 0.625. The second kappa shape index (κ2) is 6.04. The minimum Gasteiger partial charge on any atom is -0.0876 e. The third-order valence-corrected chi connectivity index (χ3v) is 3.95. The Morgan fingerprint density at radius 1 is 0.824 bits per heavy atom. The zero-order valence-corrected chi connectivity index (χ0v) is 13.6. The van der Waals surface area contributed by atoms with Crippen molar-refractivity contribution in [1.82, 2.24) is 0 Å². The van der Waals surface area contributed by atoms with E-state index in [9.17, 15) is 0 Å². The first-order chi connectivity index (χ1) is 7.88. The van der Waals surface area contributed by atoms with Gasteiger partial charge in [0.25, 0.3) is 0 Å². The molecular formula is C16H25Br. The van der Waals surface area contributed by atoms with Crippen molar-refractivity contribution in [3.05, 3.63) is 34.4 Å². The molecule has 1 heteroatoms. The van der Waals surface area contributed by atoms with E-state index in [0.29, 0.717) is 17.8 Å². The predicted octanol–water partition coefficient (Wildman–Crippen LogP) is 5.95.